The second-order valence-electron chi connectivity index (χ2n) is 8.69. The van der Waals surface area contributed by atoms with E-state index in [0.29, 0.717) is 55.3 Å². The van der Waals surface area contributed by atoms with Gasteiger partial charge in [-0.3, -0.25) is 4.79 Å². The first-order chi connectivity index (χ1) is 17.3. The first-order valence-corrected chi connectivity index (χ1v) is 12.9. The molecule has 5 rings (SSSR count). The molecule has 0 bridgehead atoms. The van der Waals surface area contributed by atoms with Gasteiger partial charge in [0.15, 0.2) is 17.0 Å². The van der Waals surface area contributed by atoms with Crippen molar-refractivity contribution >= 4 is 32.9 Å². The Morgan fingerprint density at radius 2 is 1.64 bits per heavy atom. The lowest BCUT2D eigenvalue weighted by atomic mass is 10.2. The van der Waals surface area contributed by atoms with Crippen LogP contribution in [0.1, 0.15) is 15.9 Å². The van der Waals surface area contributed by atoms with Crippen molar-refractivity contribution < 1.29 is 13.2 Å². The number of aromatic nitrogens is 5. The predicted molar refractivity (Wildman–Crippen MR) is 134 cm³/mol. The molecule has 0 unspecified atom stereocenters. The van der Waals surface area contributed by atoms with Crippen molar-refractivity contribution in [1.82, 2.24) is 34.2 Å². The summed E-state index contributed by atoms with van der Waals surface area (Å²) in [6.45, 7) is 2.72. The molecule has 2 aromatic heterocycles. The quantitative estimate of drug-likeness (QED) is 0.386. The standard InChI is InChI=1S/C24H26N8O3S/c1-29(2)36(34,35)20-10-8-19(9-11-20)24(33)31-14-12-30(13-15-31)22-21-23(26-17-25-22)32(28-27-21)16-18-6-4-3-5-7-18/h3-11,17H,12-16H2,1-2H3. The molecule has 0 aliphatic carbocycles. The van der Waals surface area contributed by atoms with Crippen molar-refractivity contribution in [2.24, 2.45) is 0 Å². The summed E-state index contributed by atoms with van der Waals surface area (Å²) in [5.41, 5.74) is 2.85. The van der Waals surface area contributed by atoms with E-state index in [1.807, 2.05) is 30.3 Å². The highest BCUT2D eigenvalue weighted by Gasteiger charge is 2.26. The molecule has 0 radical (unpaired) electrons. The lowest BCUT2D eigenvalue weighted by molar-refractivity contribution is 0.0746. The van der Waals surface area contributed by atoms with Crippen LogP contribution in [0.25, 0.3) is 11.2 Å². The van der Waals surface area contributed by atoms with Crippen molar-refractivity contribution in [2.45, 2.75) is 11.4 Å². The number of hydrogen-bond acceptors (Lipinski definition) is 8. The largest absolute Gasteiger partial charge is 0.351 e. The van der Waals surface area contributed by atoms with Crippen LogP contribution >= 0.6 is 0 Å². The van der Waals surface area contributed by atoms with Gasteiger partial charge in [-0.05, 0) is 29.8 Å². The third-order valence-corrected chi connectivity index (χ3v) is 8.03. The maximum atomic E-state index is 13.0. The maximum Gasteiger partial charge on any atom is 0.253 e. The summed E-state index contributed by atoms with van der Waals surface area (Å²) >= 11 is 0. The highest BCUT2D eigenvalue weighted by molar-refractivity contribution is 7.89. The zero-order valence-electron chi connectivity index (χ0n) is 20.0. The number of fused-ring (bicyclic) bond motifs is 1. The zero-order chi connectivity index (χ0) is 25.3. The van der Waals surface area contributed by atoms with Crippen molar-refractivity contribution in [3.63, 3.8) is 0 Å². The minimum Gasteiger partial charge on any atom is -0.351 e. The molecule has 12 heteroatoms. The molecule has 0 spiro atoms. The number of carbonyl (C=O) groups is 1. The van der Waals surface area contributed by atoms with Crippen LogP contribution in [-0.2, 0) is 16.6 Å². The van der Waals surface area contributed by atoms with Crippen LogP contribution in [0.15, 0.2) is 65.8 Å². The SMILES string of the molecule is CN(C)S(=O)(=O)c1ccc(C(=O)N2CCN(c3ncnc4c3nnn4Cc3ccccc3)CC2)cc1. The van der Waals surface area contributed by atoms with Crippen molar-refractivity contribution in [3.05, 3.63) is 72.1 Å². The van der Waals surface area contributed by atoms with E-state index in [4.69, 9.17) is 0 Å². The van der Waals surface area contributed by atoms with E-state index in [9.17, 15) is 13.2 Å². The van der Waals surface area contributed by atoms with Crippen LogP contribution in [0, 0.1) is 0 Å². The van der Waals surface area contributed by atoms with E-state index < -0.39 is 10.0 Å². The normalized spacial score (nSPS) is 14.5. The first kappa shape index (κ1) is 23.8. The van der Waals surface area contributed by atoms with E-state index in [1.54, 1.807) is 21.7 Å². The van der Waals surface area contributed by atoms with Gasteiger partial charge in [0.05, 0.1) is 11.4 Å². The molecule has 0 atom stereocenters. The fourth-order valence-corrected chi connectivity index (χ4v) is 5.06. The van der Waals surface area contributed by atoms with Crippen LogP contribution in [0.3, 0.4) is 0 Å². The van der Waals surface area contributed by atoms with Gasteiger partial charge in [0.2, 0.25) is 10.0 Å². The molecule has 4 aromatic rings. The predicted octanol–water partition coefficient (Wildman–Crippen LogP) is 1.48. The van der Waals surface area contributed by atoms with Crippen LogP contribution in [0.5, 0.6) is 0 Å². The molecular formula is C24H26N8O3S. The summed E-state index contributed by atoms with van der Waals surface area (Å²) in [6.07, 6.45) is 1.52. The second-order valence-corrected chi connectivity index (χ2v) is 10.8. The average molecular weight is 507 g/mol. The number of hydrogen-bond donors (Lipinski definition) is 0. The van der Waals surface area contributed by atoms with Gasteiger partial charge in [-0.25, -0.2) is 27.4 Å². The van der Waals surface area contributed by atoms with E-state index in [0.717, 1.165) is 9.87 Å². The highest BCUT2D eigenvalue weighted by atomic mass is 32.2. The van der Waals surface area contributed by atoms with Crippen LogP contribution < -0.4 is 4.90 Å². The average Bonchev–Trinajstić information content (AvgIpc) is 3.32. The van der Waals surface area contributed by atoms with Crippen LogP contribution in [0.4, 0.5) is 5.82 Å². The van der Waals surface area contributed by atoms with Crippen molar-refractivity contribution in [2.75, 3.05) is 45.2 Å². The summed E-state index contributed by atoms with van der Waals surface area (Å²) in [6, 6.07) is 16.0. The molecule has 1 fully saturated rings. The number of nitrogens with zero attached hydrogens (tertiary/aromatic N) is 8. The third kappa shape index (κ3) is 4.52. The molecule has 1 aliphatic heterocycles. The second kappa shape index (κ2) is 9.63. The molecule has 0 saturated carbocycles. The van der Waals surface area contributed by atoms with Gasteiger partial charge in [0, 0.05) is 45.8 Å². The van der Waals surface area contributed by atoms with Crippen molar-refractivity contribution in [1.29, 1.82) is 0 Å². The number of anilines is 1. The fraction of sp³-hybridized carbons (Fsp3) is 0.292. The Morgan fingerprint density at radius 3 is 2.31 bits per heavy atom. The summed E-state index contributed by atoms with van der Waals surface area (Å²) in [5, 5.41) is 8.64. The molecular weight excluding hydrogens is 480 g/mol. The molecule has 1 aliphatic rings. The van der Waals surface area contributed by atoms with Gasteiger partial charge in [-0.1, -0.05) is 35.5 Å². The first-order valence-electron chi connectivity index (χ1n) is 11.5. The summed E-state index contributed by atoms with van der Waals surface area (Å²) in [7, 11) is -0.589. The molecule has 1 saturated heterocycles. The molecule has 2 aromatic carbocycles. The topological polar surface area (TPSA) is 117 Å². The number of amides is 1. The van der Waals surface area contributed by atoms with Crippen LogP contribution in [0.2, 0.25) is 0 Å². The smallest absolute Gasteiger partial charge is 0.253 e. The molecule has 36 heavy (non-hydrogen) atoms. The number of piperazine rings is 1. The van der Waals surface area contributed by atoms with E-state index in [-0.39, 0.29) is 10.8 Å². The molecule has 186 valence electrons. The lowest BCUT2D eigenvalue weighted by Gasteiger charge is -2.35. The number of sulfonamides is 1. The van der Waals surface area contributed by atoms with Crippen molar-refractivity contribution in [3.8, 4) is 0 Å². The number of carbonyl (C=O) groups excluding carboxylic acids is 1. The van der Waals surface area contributed by atoms with Gasteiger partial charge >= 0.3 is 0 Å². The van der Waals surface area contributed by atoms with Gasteiger partial charge in [0.25, 0.3) is 5.91 Å². The molecule has 3 heterocycles. The van der Waals surface area contributed by atoms with E-state index in [2.05, 4.69) is 25.2 Å². The van der Waals surface area contributed by atoms with Gasteiger partial charge < -0.3 is 9.80 Å². The van der Waals surface area contributed by atoms with E-state index in [1.165, 1.54) is 32.6 Å². The Labute approximate surface area is 209 Å². The fourth-order valence-electron chi connectivity index (χ4n) is 4.16. The Morgan fingerprint density at radius 1 is 0.944 bits per heavy atom. The summed E-state index contributed by atoms with van der Waals surface area (Å²) < 4.78 is 27.5. The van der Waals surface area contributed by atoms with Gasteiger partial charge in [-0.2, -0.15) is 0 Å². The molecule has 0 N–H and O–H groups in total. The van der Waals surface area contributed by atoms with Crippen LogP contribution in [-0.4, -0.2) is 88.8 Å². The number of benzene rings is 2. The lowest BCUT2D eigenvalue weighted by Crippen LogP contribution is -2.49. The summed E-state index contributed by atoms with van der Waals surface area (Å²) in [5.74, 6) is 0.565. The molecule has 1 amide bonds. The van der Waals surface area contributed by atoms with E-state index >= 15 is 0 Å². The Kier molecular flexibility index (Phi) is 6.37. The highest BCUT2D eigenvalue weighted by Crippen LogP contribution is 2.23. The Balaban J connectivity index is 1.27. The minimum atomic E-state index is -3.54. The maximum absolute atomic E-state index is 13.0. The number of rotatable bonds is 6. The zero-order valence-corrected chi connectivity index (χ0v) is 20.8. The monoisotopic (exact) mass is 506 g/mol. The summed E-state index contributed by atoms with van der Waals surface area (Å²) in [4.78, 5) is 25.9. The van der Waals surface area contributed by atoms with Gasteiger partial charge in [0.1, 0.15) is 6.33 Å². The molecule has 11 nitrogen and oxygen atoms in total. The third-order valence-electron chi connectivity index (χ3n) is 6.20. The van der Waals surface area contributed by atoms with Gasteiger partial charge in [-0.15, -0.1) is 5.10 Å². The Hall–Kier alpha value is -3.90. The minimum absolute atomic E-state index is 0.134. The Bertz CT molecular complexity index is 1480.